The second-order valence-electron chi connectivity index (χ2n) is 6.51. The first kappa shape index (κ1) is 19.2. The van der Waals surface area contributed by atoms with Gasteiger partial charge in [0.2, 0.25) is 11.8 Å². The monoisotopic (exact) mass is 409 g/mol. The minimum absolute atomic E-state index is 0.0623. The van der Waals surface area contributed by atoms with E-state index in [0.29, 0.717) is 29.6 Å². The Morgan fingerprint density at radius 1 is 1.21 bits per heavy atom. The molecule has 4 rings (SSSR count). The van der Waals surface area contributed by atoms with Crippen LogP contribution < -0.4 is 9.64 Å². The molecule has 1 aliphatic rings. The third-order valence-corrected chi connectivity index (χ3v) is 5.44. The summed E-state index contributed by atoms with van der Waals surface area (Å²) in [5.74, 6) is 1.33. The van der Waals surface area contributed by atoms with Gasteiger partial charge >= 0.3 is 0 Å². The summed E-state index contributed by atoms with van der Waals surface area (Å²) in [4.78, 5) is 26.2. The van der Waals surface area contributed by atoms with Crippen molar-refractivity contribution in [1.82, 2.24) is 10.2 Å². The molecule has 0 spiro atoms. The molecule has 0 aliphatic carbocycles. The molecule has 0 saturated carbocycles. The van der Waals surface area contributed by atoms with Crippen molar-refractivity contribution in [3.63, 3.8) is 0 Å². The Morgan fingerprint density at radius 2 is 2.03 bits per heavy atom. The zero-order valence-electron chi connectivity index (χ0n) is 15.8. The first-order valence-electron chi connectivity index (χ1n) is 9.18. The summed E-state index contributed by atoms with van der Waals surface area (Å²) < 4.78 is 10.8. The maximum atomic E-state index is 12.6. The van der Waals surface area contributed by atoms with Crippen molar-refractivity contribution >= 4 is 29.1 Å². The first-order valence-corrected chi connectivity index (χ1v) is 10.2. The number of aromatic nitrogens is 2. The number of carbonyl (C=O) groups is 2. The number of hydrogen-bond donors (Lipinski definition) is 0. The standard InChI is InChI=1S/C21H19N3O4S/c1-27-17-9-7-14(8-10-17)20-22-23-21(28-20)29-13-18(25)15-4-2-5-16(12-15)24-11-3-6-19(24)26/h2,4-5,7-10,12H,3,6,11,13H2,1H3. The van der Waals surface area contributed by atoms with Gasteiger partial charge in [0.1, 0.15) is 5.75 Å². The van der Waals surface area contributed by atoms with Crippen molar-refractivity contribution in [2.24, 2.45) is 0 Å². The molecule has 1 fully saturated rings. The van der Waals surface area contributed by atoms with Crippen LogP contribution in [0, 0.1) is 0 Å². The molecular weight excluding hydrogens is 390 g/mol. The van der Waals surface area contributed by atoms with Gasteiger partial charge in [0.25, 0.3) is 5.22 Å². The molecule has 3 aromatic rings. The Hall–Kier alpha value is -3.13. The molecule has 2 aromatic carbocycles. The summed E-state index contributed by atoms with van der Waals surface area (Å²) in [5.41, 5.74) is 2.10. The van der Waals surface area contributed by atoms with Gasteiger partial charge in [0.15, 0.2) is 5.78 Å². The van der Waals surface area contributed by atoms with Crippen LogP contribution in [0.3, 0.4) is 0 Å². The van der Waals surface area contributed by atoms with E-state index in [1.807, 2.05) is 30.3 Å². The number of ether oxygens (including phenoxy) is 1. The van der Waals surface area contributed by atoms with Crippen molar-refractivity contribution in [2.45, 2.75) is 18.1 Å². The van der Waals surface area contributed by atoms with Crippen LogP contribution in [0.5, 0.6) is 5.75 Å². The molecule has 8 heteroatoms. The molecule has 1 aromatic heterocycles. The van der Waals surface area contributed by atoms with E-state index >= 15 is 0 Å². The van der Waals surface area contributed by atoms with Gasteiger partial charge in [-0.25, -0.2) is 0 Å². The van der Waals surface area contributed by atoms with E-state index in [0.717, 1.165) is 23.4 Å². The fraction of sp³-hybridized carbons (Fsp3) is 0.238. The molecular formula is C21H19N3O4S. The number of Topliss-reactive ketones (excluding diaryl/α,β-unsaturated/α-hetero) is 1. The molecule has 1 aliphatic heterocycles. The van der Waals surface area contributed by atoms with Crippen molar-refractivity contribution < 1.29 is 18.7 Å². The summed E-state index contributed by atoms with van der Waals surface area (Å²) >= 11 is 1.19. The third-order valence-electron chi connectivity index (χ3n) is 4.62. The van der Waals surface area contributed by atoms with Crippen LogP contribution in [0.1, 0.15) is 23.2 Å². The number of anilines is 1. The van der Waals surface area contributed by atoms with Crippen LogP contribution in [0.4, 0.5) is 5.69 Å². The topological polar surface area (TPSA) is 85.5 Å². The summed E-state index contributed by atoms with van der Waals surface area (Å²) in [6, 6.07) is 14.5. The molecule has 7 nitrogen and oxygen atoms in total. The predicted octanol–water partition coefficient (Wildman–Crippen LogP) is 3.85. The summed E-state index contributed by atoms with van der Waals surface area (Å²) in [5, 5.41) is 8.36. The second-order valence-corrected chi connectivity index (χ2v) is 7.44. The van der Waals surface area contributed by atoms with Gasteiger partial charge in [0.05, 0.1) is 12.9 Å². The van der Waals surface area contributed by atoms with Crippen molar-refractivity contribution in [3.05, 3.63) is 54.1 Å². The maximum absolute atomic E-state index is 12.6. The van der Waals surface area contributed by atoms with E-state index in [1.54, 1.807) is 30.2 Å². The summed E-state index contributed by atoms with van der Waals surface area (Å²) in [6.45, 7) is 0.696. The number of rotatable bonds is 7. The van der Waals surface area contributed by atoms with Crippen LogP contribution in [0.2, 0.25) is 0 Å². The average molecular weight is 409 g/mol. The van der Waals surface area contributed by atoms with E-state index in [4.69, 9.17) is 9.15 Å². The lowest BCUT2D eigenvalue weighted by Gasteiger charge is -2.16. The largest absolute Gasteiger partial charge is 0.497 e. The number of hydrogen-bond acceptors (Lipinski definition) is 7. The van der Waals surface area contributed by atoms with Gasteiger partial charge in [-0.3, -0.25) is 9.59 Å². The van der Waals surface area contributed by atoms with E-state index < -0.39 is 0 Å². The van der Waals surface area contributed by atoms with Crippen LogP contribution in [-0.2, 0) is 4.79 Å². The highest BCUT2D eigenvalue weighted by Crippen LogP contribution is 2.26. The zero-order chi connectivity index (χ0) is 20.2. The van der Waals surface area contributed by atoms with Gasteiger partial charge in [-0.15, -0.1) is 10.2 Å². The first-order chi connectivity index (χ1) is 14.1. The Labute approximate surface area is 172 Å². The number of thioether (sulfide) groups is 1. The van der Waals surface area contributed by atoms with Crippen LogP contribution in [-0.4, -0.2) is 41.3 Å². The zero-order valence-corrected chi connectivity index (χ0v) is 16.6. The number of methoxy groups -OCH3 is 1. The van der Waals surface area contributed by atoms with E-state index in [1.165, 1.54) is 11.8 Å². The number of nitrogens with zero attached hydrogens (tertiary/aromatic N) is 3. The molecule has 148 valence electrons. The molecule has 1 saturated heterocycles. The van der Waals surface area contributed by atoms with Crippen molar-refractivity contribution in [3.8, 4) is 17.2 Å². The Bertz CT molecular complexity index is 1030. The SMILES string of the molecule is COc1ccc(-c2nnc(SCC(=O)c3cccc(N4CCCC4=O)c3)o2)cc1. The van der Waals surface area contributed by atoms with Crippen LogP contribution in [0.25, 0.3) is 11.5 Å². The van der Waals surface area contributed by atoms with E-state index in [9.17, 15) is 9.59 Å². The summed E-state index contributed by atoms with van der Waals surface area (Å²) in [6.07, 6.45) is 1.41. The molecule has 0 N–H and O–H groups in total. The van der Waals surface area contributed by atoms with E-state index in [-0.39, 0.29) is 17.4 Å². The van der Waals surface area contributed by atoms with Crippen LogP contribution in [0.15, 0.2) is 58.2 Å². The van der Waals surface area contributed by atoms with E-state index in [2.05, 4.69) is 10.2 Å². The predicted molar refractivity (Wildman–Crippen MR) is 109 cm³/mol. The number of amides is 1. The molecule has 0 radical (unpaired) electrons. The number of carbonyl (C=O) groups excluding carboxylic acids is 2. The lowest BCUT2D eigenvalue weighted by atomic mass is 10.1. The Balaban J connectivity index is 1.40. The molecule has 2 heterocycles. The molecule has 0 bridgehead atoms. The highest BCUT2D eigenvalue weighted by Gasteiger charge is 2.22. The fourth-order valence-corrected chi connectivity index (χ4v) is 3.76. The quantitative estimate of drug-likeness (QED) is 0.433. The van der Waals surface area contributed by atoms with Crippen molar-refractivity contribution in [1.29, 1.82) is 0 Å². The molecule has 1 amide bonds. The van der Waals surface area contributed by atoms with Gasteiger partial charge in [-0.1, -0.05) is 23.9 Å². The molecule has 0 unspecified atom stereocenters. The van der Waals surface area contributed by atoms with Gasteiger partial charge in [0, 0.05) is 29.8 Å². The van der Waals surface area contributed by atoms with Crippen LogP contribution >= 0.6 is 11.8 Å². The smallest absolute Gasteiger partial charge is 0.277 e. The van der Waals surface area contributed by atoms with Gasteiger partial charge in [-0.05, 0) is 42.8 Å². The molecule has 0 atom stereocenters. The molecule has 29 heavy (non-hydrogen) atoms. The minimum atomic E-state index is -0.0623. The second kappa shape index (κ2) is 8.48. The Morgan fingerprint density at radius 3 is 2.76 bits per heavy atom. The normalized spacial score (nSPS) is 13.7. The maximum Gasteiger partial charge on any atom is 0.277 e. The fourth-order valence-electron chi connectivity index (χ4n) is 3.10. The third kappa shape index (κ3) is 4.32. The van der Waals surface area contributed by atoms with Gasteiger partial charge in [-0.2, -0.15) is 0 Å². The number of benzene rings is 2. The summed E-state index contributed by atoms with van der Waals surface area (Å²) in [7, 11) is 1.60. The average Bonchev–Trinajstić information content (AvgIpc) is 3.41. The lowest BCUT2D eigenvalue weighted by molar-refractivity contribution is -0.117. The lowest BCUT2D eigenvalue weighted by Crippen LogP contribution is -2.23. The van der Waals surface area contributed by atoms with Crippen molar-refractivity contribution in [2.75, 3.05) is 24.3 Å². The minimum Gasteiger partial charge on any atom is -0.497 e. The highest BCUT2D eigenvalue weighted by atomic mass is 32.2. The Kier molecular flexibility index (Phi) is 5.62. The number of ketones is 1. The highest BCUT2D eigenvalue weighted by molar-refractivity contribution is 7.99. The van der Waals surface area contributed by atoms with Gasteiger partial charge < -0.3 is 14.1 Å².